The molecule has 4 heterocycles. The molecule has 0 radical (unpaired) electrons. The predicted octanol–water partition coefficient (Wildman–Crippen LogP) is 3.82. The Hall–Kier alpha value is -2.70. The topological polar surface area (TPSA) is 77.1 Å². The number of amides is 1. The van der Waals surface area contributed by atoms with Crippen molar-refractivity contribution in [2.24, 2.45) is 0 Å². The lowest BCUT2D eigenvalue weighted by molar-refractivity contribution is 0.0730. The SMILES string of the molecule is Cc1cc(C2CCCN2C(=O)c2cnc3c(c2)ncn3C2CCCC2)no1. The lowest BCUT2D eigenvalue weighted by atomic mass is 10.1. The van der Waals surface area contributed by atoms with E-state index in [2.05, 4.69) is 19.7 Å². The Morgan fingerprint density at radius 1 is 1.15 bits per heavy atom. The van der Waals surface area contributed by atoms with Gasteiger partial charge >= 0.3 is 0 Å². The molecule has 1 saturated carbocycles. The second-order valence-electron chi connectivity index (χ2n) is 7.68. The van der Waals surface area contributed by atoms with Gasteiger partial charge in [-0.25, -0.2) is 9.97 Å². The minimum absolute atomic E-state index is 0.0111. The molecular formula is C20H23N5O2. The second kappa shape index (κ2) is 6.48. The number of carbonyl (C=O) groups is 1. The van der Waals surface area contributed by atoms with Gasteiger partial charge in [-0.3, -0.25) is 4.79 Å². The molecule has 1 atom stereocenters. The van der Waals surface area contributed by atoms with Crippen LogP contribution >= 0.6 is 0 Å². The molecule has 3 aromatic rings. The van der Waals surface area contributed by atoms with Crippen LogP contribution in [-0.4, -0.2) is 37.0 Å². The predicted molar refractivity (Wildman–Crippen MR) is 99.3 cm³/mol. The van der Waals surface area contributed by atoms with E-state index in [-0.39, 0.29) is 11.9 Å². The number of carbonyl (C=O) groups excluding carboxylic acids is 1. The summed E-state index contributed by atoms with van der Waals surface area (Å²) in [6.45, 7) is 2.60. The van der Waals surface area contributed by atoms with E-state index in [0.717, 1.165) is 42.0 Å². The normalized spacial score (nSPS) is 20.8. The van der Waals surface area contributed by atoms with Crippen molar-refractivity contribution < 1.29 is 9.32 Å². The number of hydrogen-bond acceptors (Lipinski definition) is 5. The number of imidazole rings is 1. The smallest absolute Gasteiger partial charge is 0.256 e. The van der Waals surface area contributed by atoms with Crippen molar-refractivity contribution in [2.45, 2.75) is 57.5 Å². The van der Waals surface area contributed by atoms with Crippen LogP contribution in [0.5, 0.6) is 0 Å². The van der Waals surface area contributed by atoms with Crippen LogP contribution in [0.15, 0.2) is 29.2 Å². The fraction of sp³-hybridized carbons (Fsp3) is 0.500. The summed E-state index contributed by atoms with van der Waals surface area (Å²) in [5.41, 5.74) is 3.09. The summed E-state index contributed by atoms with van der Waals surface area (Å²) in [5, 5.41) is 4.12. The van der Waals surface area contributed by atoms with Gasteiger partial charge in [0, 0.05) is 24.8 Å². The van der Waals surface area contributed by atoms with Crippen LogP contribution in [0.1, 0.15) is 72.4 Å². The van der Waals surface area contributed by atoms with Gasteiger partial charge < -0.3 is 14.0 Å². The summed E-state index contributed by atoms with van der Waals surface area (Å²) in [7, 11) is 0. The Morgan fingerprint density at radius 2 is 2.00 bits per heavy atom. The second-order valence-corrected chi connectivity index (χ2v) is 7.68. The first-order valence-electron chi connectivity index (χ1n) is 9.77. The molecule has 3 aromatic heterocycles. The highest BCUT2D eigenvalue weighted by molar-refractivity contribution is 5.96. The Morgan fingerprint density at radius 3 is 2.78 bits per heavy atom. The first-order chi connectivity index (χ1) is 13.2. The third kappa shape index (κ3) is 2.81. The van der Waals surface area contributed by atoms with Gasteiger partial charge in [0.25, 0.3) is 5.91 Å². The fourth-order valence-corrected chi connectivity index (χ4v) is 4.51. The van der Waals surface area contributed by atoms with E-state index < -0.39 is 0 Å². The Kier molecular flexibility index (Phi) is 3.95. The van der Waals surface area contributed by atoms with Crippen LogP contribution < -0.4 is 0 Å². The highest BCUT2D eigenvalue weighted by Crippen LogP contribution is 2.34. The number of rotatable bonds is 3. The highest BCUT2D eigenvalue weighted by atomic mass is 16.5. The van der Waals surface area contributed by atoms with Gasteiger partial charge in [-0.2, -0.15) is 0 Å². The third-order valence-electron chi connectivity index (χ3n) is 5.88. The summed E-state index contributed by atoms with van der Waals surface area (Å²) in [4.78, 5) is 24.1. The van der Waals surface area contributed by atoms with Gasteiger partial charge in [0.1, 0.15) is 17.0 Å². The molecule has 0 bridgehead atoms. The number of hydrogen-bond donors (Lipinski definition) is 0. The van der Waals surface area contributed by atoms with Crippen molar-refractivity contribution in [3.05, 3.63) is 41.7 Å². The first kappa shape index (κ1) is 16.5. The monoisotopic (exact) mass is 365 g/mol. The highest BCUT2D eigenvalue weighted by Gasteiger charge is 2.33. The van der Waals surface area contributed by atoms with E-state index in [1.807, 2.05) is 30.3 Å². The summed E-state index contributed by atoms with van der Waals surface area (Å²) in [6.07, 6.45) is 10.3. The largest absolute Gasteiger partial charge is 0.361 e. The number of pyridine rings is 1. The number of nitrogens with zero attached hydrogens (tertiary/aromatic N) is 5. The van der Waals surface area contributed by atoms with Crippen LogP contribution in [0.25, 0.3) is 11.2 Å². The molecule has 0 N–H and O–H groups in total. The van der Waals surface area contributed by atoms with Crippen molar-refractivity contribution in [2.75, 3.05) is 6.54 Å². The molecule has 1 saturated heterocycles. The zero-order valence-corrected chi connectivity index (χ0v) is 15.5. The molecule has 1 amide bonds. The average Bonchev–Trinajstić information content (AvgIpc) is 3.44. The van der Waals surface area contributed by atoms with Crippen LogP contribution in [0.2, 0.25) is 0 Å². The maximum atomic E-state index is 13.1. The number of fused-ring (bicyclic) bond motifs is 1. The van der Waals surface area contributed by atoms with E-state index in [1.165, 1.54) is 25.7 Å². The minimum atomic E-state index is -0.0262. The Bertz CT molecular complexity index is 985. The molecule has 2 fully saturated rings. The molecule has 7 heteroatoms. The minimum Gasteiger partial charge on any atom is -0.361 e. The van der Waals surface area contributed by atoms with E-state index in [1.54, 1.807) is 6.20 Å². The van der Waals surface area contributed by atoms with E-state index in [9.17, 15) is 4.79 Å². The molecule has 140 valence electrons. The maximum Gasteiger partial charge on any atom is 0.256 e. The Labute approximate surface area is 157 Å². The quantitative estimate of drug-likeness (QED) is 0.705. The number of likely N-dealkylation sites (tertiary alicyclic amines) is 1. The fourth-order valence-electron chi connectivity index (χ4n) is 4.51. The van der Waals surface area contributed by atoms with E-state index >= 15 is 0 Å². The van der Waals surface area contributed by atoms with Gasteiger partial charge in [-0.1, -0.05) is 18.0 Å². The van der Waals surface area contributed by atoms with Gasteiger partial charge in [-0.05, 0) is 38.7 Å². The van der Waals surface area contributed by atoms with Gasteiger partial charge in [0.2, 0.25) is 0 Å². The van der Waals surface area contributed by atoms with Crippen LogP contribution in [0, 0.1) is 6.92 Å². The van der Waals surface area contributed by atoms with Crippen LogP contribution in [0.4, 0.5) is 0 Å². The zero-order valence-electron chi connectivity index (χ0n) is 15.5. The molecule has 0 aromatic carbocycles. The van der Waals surface area contributed by atoms with Gasteiger partial charge in [-0.15, -0.1) is 0 Å². The van der Waals surface area contributed by atoms with Crippen LogP contribution in [-0.2, 0) is 0 Å². The molecular weight excluding hydrogens is 342 g/mol. The van der Waals surface area contributed by atoms with Crippen molar-refractivity contribution >= 4 is 17.1 Å². The van der Waals surface area contributed by atoms with Crippen molar-refractivity contribution in [1.82, 2.24) is 24.6 Å². The first-order valence-corrected chi connectivity index (χ1v) is 9.77. The molecule has 0 spiro atoms. The van der Waals surface area contributed by atoms with Crippen LogP contribution in [0.3, 0.4) is 0 Å². The average molecular weight is 365 g/mol. The molecule has 1 aliphatic carbocycles. The van der Waals surface area contributed by atoms with E-state index in [0.29, 0.717) is 11.6 Å². The third-order valence-corrected chi connectivity index (χ3v) is 5.88. The molecule has 1 aliphatic heterocycles. The van der Waals surface area contributed by atoms with E-state index in [4.69, 9.17) is 4.52 Å². The summed E-state index contributed by atoms with van der Waals surface area (Å²) >= 11 is 0. The van der Waals surface area contributed by atoms with Crippen molar-refractivity contribution in [3.8, 4) is 0 Å². The number of aromatic nitrogens is 4. The Balaban J connectivity index is 1.43. The summed E-state index contributed by atoms with van der Waals surface area (Å²) in [6, 6.07) is 4.25. The van der Waals surface area contributed by atoms with Crippen molar-refractivity contribution in [1.29, 1.82) is 0 Å². The summed E-state index contributed by atoms with van der Waals surface area (Å²) < 4.78 is 7.38. The van der Waals surface area contributed by atoms with Gasteiger partial charge in [0.15, 0.2) is 5.65 Å². The standard InChI is InChI=1S/C20H23N5O2/c1-13-9-16(23-27-13)18-7-4-8-24(18)20(26)14-10-17-19(21-11-14)25(12-22-17)15-5-2-3-6-15/h9-12,15,18H,2-8H2,1H3. The zero-order chi connectivity index (χ0) is 18.4. The molecule has 5 rings (SSSR count). The molecule has 2 aliphatic rings. The molecule has 27 heavy (non-hydrogen) atoms. The van der Waals surface area contributed by atoms with Gasteiger partial charge in [0.05, 0.1) is 17.9 Å². The lowest BCUT2D eigenvalue weighted by Gasteiger charge is -2.23. The number of aryl methyl sites for hydroxylation is 1. The summed E-state index contributed by atoms with van der Waals surface area (Å²) in [5.74, 6) is 0.757. The lowest BCUT2D eigenvalue weighted by Crippen LogP contribution is -2.30. The molecule has 7 nitrogen and oxygen atoms in total. The maximum absolute atomic E-state index is 13.1. The molecule has 1 unspecified atom stereocenters. The van der Waals surface area contributed by atoms with Crippen molar-refractivity contribution in [3.63, 3.8) is 0 Å².